The Morgan fingerprint density at radius 2 is 1.94 bits per heavy atom. The fourth-order valence-corrected chi connectivity index (χ4v) is 4.69. The fourth-order valence-electron chi connectivity index (χ4n) is 3.63. The number of fused-ring (bicyclic) bond motifs is 1. The molecule has 3 aromatic rings. The standard InChI is InChI=1S/C23H26N4O5S/c1-14(2)20(28)25-18-16-7-6-15(24-21(16)33-19(18)23(30)31-3)13-26-8-10-27(11-9-26)22(29)17-5-4-12-32-17/h4-7,12,14H,8-11,13H2,1-3H3,(H,25,28). The van der Waals surface area contributed by atoms with Crippen LogP contribution < -0.4 is 5.32 Å². The van der Waals surface area contributed by atoms with Crippen LogP contribution in [0.1, 0.15) is 39.8 Å². The number of hydrogen-bond acceptors (Lipinski definition) is 8. The van der Waals surface area contributed by atoms with Crippen LogP contribution in [0.5, 0.6) is 0 Å². The Kier molecular flexibility index (Phi) is 6.75. The minimum Gasteiger partial charge on any atom is -0.465 e. The van der Waals surface area contributed by atoms with Crippen LogP contribution in [0.3, 0.4) is 0 Å². The Morgan fingerprint density at radius 1 is 1.18 bits per heavy atom. The molecule has 0 saturated carbocycles. The molecule has 2 amide bonds. The number of aromatic nitrogens is 1. The molecule has 0 unspecified atom stereocenters. The van der Waals surface area contributed by atoms with Crippen molar-refractivity contribution < 1.29 is 23.5 Å². The topological polar surface area (TPSA) is 105 Å². The summed E-state index contributed by atoms with van der Waals surface area (Å²) in [5.41, 5.74) is 1.30. The van der Waals surface area contributed by atoms with Gasteiger partial charge in [-0.2, -0.15) is 0 Å². The van der Waals surface area contributed by atoms with Gasteiger partial charge in [-0.05, 0) is 24.3 Å². The largest absolute Gasteiger partial charge is 0.465 e. The molecule has 9 nitrogen and oxygen atoms in total. The van der Waals surface area contributed by atoms with Crippen molar-refractivity contribution in [3.63, 3.8) is 0 Å². The van der Waals surface area contributed by atoms with Gasteiger partial charge in [-0.1, -0.05) is 13.8 Å². The lowest BCUT2D eigenvalue weighted by atomic mass is 10.2. The Morgan fingerprint density at radius 3 is 2.58 bits per heavy atom. The van der Waals surface area contributed by atoms with Crippen LogP contribution >= 0.6 is 11.3 Å². The maximum atomic E-state index is 12.4. The van der Waals surface area contributed by atoms with E-state index in [1.165, 1.54) is 24.7 Å². The summed E-state index contributed by atoms with van der Waals surface area (Å²) in [6.07, 6.45) is 1.50. The summed E-state index contributed by atoms with van der Waals surface area (Å²) in [5.74, 6) is -0.642. The number of amides is 2. The van der Waals surface area contributed by atoms with Gasteiger partial charge in [0.1, 0.15) is 9.71 Å². The van der Waals surface area contributed by atoms with Gasteiger partial charge in [0.25, 0.3) is 5.91 Å². The monoisotopic (exact) mass is 470 g/mol. The molecular formula is C23H26N4O5S. The summed E-state index contributed by atoms with van der Waals surface area (Å²) in [6, 6.07) is 7.17. The number of piperazine rings is 1. The molecule has 3 aromatic heterocycles. The van der Waals surface area contributed by atoms with Gasteiger partial charge in [0.2, 0.25) is 5.91 Å². The Balaban J connectivity index is 1.47. The van der Waals surface area contributed by atoms with E-state index in [1.54, 1.807) is 30.9 Å². The van der Waals surface area contributed by atoms with Crippen molar-refractivity contribution in [3.05, 3.63) is 46.9 Å². The quantitative estimate of drug-likeness (QED) is 0.552. The number of thiophene rings is 1. The molecule has 0 atom stereocenters. The highest BCUT2D eigenvalue weighted by Crippen LogP contribution is 2.36. The number of anilines is 1. The van der Waals surface area contributed by atoms with Crippen LogP contribution in [-0.4, -0.2) is 65.9 Å². The van der Waals surface area contributed by atoms with Crippen LogP contribution in [0, 0.1) is 5.92 Å². The maximum absolute atomic E-state index is 12.4. The molecule has 1 aliphatic heterocycles. The molecule has 4 rings (SSSR count). The van der Waals surface area contributed by atoms with Gasteiger partial charge in [0, 0.05) is 44.0 Å². The lowest BCUT2D eigenvalue weighted by Gasteiger charge is -2.34. The number of rotatable bonds is 6. The number of carbonyl (C=O) groups excluding carboxylic acids is 3. The lowest BCUT2D eigenvalue weighted by Crippen LogP contribution is -2.48. The summed E-state index contributed by atoms with van der Waals surface area (Å²) in [7, 11) is 1.32. The number of ether oxygens (including phenoxy) is 1. The van der Waals surface area contributed by atoms with E-state index in [0.29, 0.717) is 46.2 Å². The molecule has 0 aliphatic carbocycles. The van der Waals surface area contributed by atoms with Crippen molar-refractivity contribution in [2.24, 2.45) is 5.92 Å². The first-order valence-electron chi connectivity index (χ1n) is 10.7. The van der Waals surface area contributed by atoms with Crippen LogP contribution in [0.2, 0.25) is 0 Å². The number of furan rings is 1. The van der Waals surface area contributed by atoms with E-state index < -0.39 is 5.97 Å². The molecule has 33 heavy (non-hydrogen) atoms. The third kappa shape index (κ3) is 4.91. The summed E-state index contributed by atoms with van der Waals surface area (Å²) in [5, 5.41) is 3.57. The van der Waals surface area contributed by atoms with Crippen molar-refractivity contribution in [3.8, 4) is 0 Å². The average Bonchev–Trinajstić information content (AvgIpc) is 3.47. The van der Waals surface area contributed by atoms with E-state index in [4.69, 9.17) is 14.1 Å². The zero-order valence-corrected chi connectivity index (χ0v) is 19.6. The van der Waals surface area contributed by atoms with Gasteiger partial charge in [-0.15, -0.1) is 11.3 Å². The lowest BCUT2D eigenvalue weighted by molar-refractivity contribution is -0.118. The van der Waals surface area contributed by atoms with E-state index in [-0.39, 0.29) is 17.7 Å². The van der Waals surface area contributed by atoms with Crippen molar-refractivity contribution in [2.75, 3.05) is 38.6 Å². The molecule has 1 N–H and O–H groups in total. The SMILES string of the molecule is COC(=O)c1sc2nc(CN3CCN(C(=O)c4ccco4)CC3)ccc2c1NC(=O)C(C)C. The Hall–Kier alpha value is -3.24. The van der Waals surface area contributed by atoms with Crippen molar-refractivity contribution in [1.29, 1.82) is 0 Å². The second-order valence-electron chi connectivity index (χ2n) is 8.14. The molecule has 1 aliphatic rings. The number of nitrogens with zero attached hydrogens (tertiary/aromatic N) is 3. The molecule has 1 fully saturated rings. The number of methoxy groups -OCH3 is 1. The first-order chi connectivity index (χ1) is 15.9. The molecular weight excluding hydrogens is 444 g/mol. The summed E-state index contributed by atoms with van der Waals surface area (Å²) >= 11 is 1.21. The van der Waals surface area contributed by atoms with Crippen molar-refractivity contribution >= 4 is 45.0 Å². The molecule has 0 bridgehead atoms. The van der Waals surface area contributed by atoms with Crippen molar-refractivity contribution in [1.82, 2.24) is 14.8 Å². The summed E-state index contributed by atoms with van der Waals surface area (Å²) in [6.45, 7) is 6.87. The van der Waals surface area contributed by atoms with Gasteiger partial charge in [-0.3, -0.25) is 14.5 Å². The number of nitrogens with one attached hydrogen (secondary N) is 1. The minimum absolute atomic E-state index is 0.0934. The van der Waals surface area contributed by atoms with Gasteiger partial charge < -0.3 is 19.4 Å². The molecule has 0 spiro atoms. The van der Waals surface area contributed by atoms with Crippen LogP contribution in [0.25, 0.3) is 10.2 Å². The highest BCUT2D eigenvalue weighted by molar-refractivity contribution is 7.21. The smallest absolute Gasteiger partial charge is 0.350 e. The Labute approximate surface area is 195 Å². The molecule has 0 radical (unpaired) electrons. The molecule has 0 aromatic carbocycles. The highest BCUT2D eigenvalue weighted by atomic mass is 32.1. The van der Waals surface area contributed by atoms with Crippen LogP contribution in [0.4, 0.5) is 5.69 Å². The van der Waals surface area contributed by atoms with Crippen LogP contribution in [-0.2, 0) is 16.1 Å². The minimum atomic E-state index is -0.504. The molecule has 10 heteroatoms. The highest BCUT2D eigenvalue weighted by Gasteiger charge is 2.25. The van der Waals surface area contributed by atoms with E-state index in [1.807, 2.05) is 12.1 Å². The molecule has 174 valence electrons. The molecule has 4 heterocycles. The predicted octanol–water partition coefficient (Wildman–Crippen LogP) is 3.23. The number of pyridine rings is 1. The third-order valence-electron chi connectivity index (χ3n) is 5.53. The third-order valence-corrected chi connectivity index (χ3v) is 6.61. The summed E-state index contributed by atoms with van der Waals surface area (Å²) < 4.78 is 10.1. The fraction of sp³-hybridized carbons (Fsp3) is 0.391. The van der Waals surface area contributed by atoms with Crippen LogP contribution in [0.15, 0.2) is 34.9 Å². The zero-order valence-electron chi connectivity index (χ0n) is 18.8. The van der Waals surface area contributed by atoms with Crippen molar-refractivity contribution in [2.45, 2.75) is 20.4 Å². The van der Waals surface area contributed by atoms with Gasteiger partial charge in [0.05, 0.1) is 24.8 Å². The number of esters is 1. The summed E-state index contributed by atoms with van der Waals surface area (Å²) in [4.78, 5) is 46.8. The average molecular weight is 471 g/mol. The first kappa shape index (κ1) is 22.9. The van der Waals surface area contributed by atoms with E-state index in [2.05, 4.69) is 10.2 Å². The number of carbonyl (C=O) groups is 3. The van der Waals surface area contributed by atoms with E-state index >= 15 is 0 Å². The maximum Gasteiger partial charge on any atom is 0.350 e. The van der Waals surface area contributed by atoms with E-state index in [9.17, 15) is 14.4 Å². The number of hydrogen-bond donors (Lipinski definition) is 1. The molecule has 1 saturated heterocycles. The normalized spacial score (nSPS) is 14.6. The zero-order chi connectivity index (χ0) is 23.5. The second kappa shape index (κ2) is 9.72. The Bertz CT molecular complexity index is 1160. The van der Waals surface area contributed by atoms with Gasteiger partial charge in [-0.25, -0.2) is 9.78 Å². The predicted molar refractivity (Wildman–Crippen MR) is 124 cm³/mol. The second-order valence-corrected chi connectivity index (χ2v) is 9.14. The van der Waals surface area contributed by atoms with Gasteiger partial charge in [0.15, 0.2) is 5.76 Å². The van der Waals surface area contributed by atoms with Gasteiger partial charge >= 0.3 is 5.97 Å². The first-order valence-corrected chi connectivity index (χ1v) is 11.6. The van der Waals surface area contributed by atoms with E-state index in [0.717, 1.165) is 18.8 Å².